The van der Waals surface area contributed by atoms with E-state index in [1.165, 1.54) is 8.99 Å². The Morgan fingerprint density at radius 1 is 0.911 bits per heavy atom. The lowest BCUT2D eigenvalue weighted by atomic mass is 10.2. The SMILES string of the molecule is CC1(COc2c(N3CCN(S(=O)(=O)Cc4ccc(-n5ccc6ccccc65)cc4)CC3)cnn(-c3cccc(Cl)c3)c2=O)CC1. The number of sulfonamides is 1. The minimum atomic E-state index is -3.56. The van der Waals surface area contributed by atoms with Crippen molar-refractivity contribution in [1.82, 2.24) is 18.7 Å². The molecule has 0 radical (unpaired) electrons. The molecule has 11 heteroatoms. The number of nitrogens with zero attached hydrogens (tertiary/aromatic N) is 5. The third-order valence-corrected chi connectivity index (χ3v) is 10.9. The maximum absolute atomic E-state index is 13.7. The molecule has 0 N–H and O–H groups in total. The molecule has 1 aliphatic carbocycles. The van der Waals surface area contributed by atoms with Gasteiger partial charge in [-0.3, -0.25) is 4.79 Å². The predicted octanol–water partition coefficient (Wildman–Crippen LogP) is 5.66. The second-order valence-electron chi connectivity index (χ2n) is 12.2. The van der Waals surface area contributed by atoms with E-state index in [1.54, 1.807) is 30.5 Å². The van der Waals surface area contributed by atoms with Crippen molar-refractivity contribution in [3.8, 4) is 17.1 Å². The Morgan fingerprint density at radius 3 is 2.40 bits per heavy atom. The van der Waals surface area contributed by atoms with Gasteiger partial charge in [-0.2, -0.15) is 14.1 Å². The zero-order chi connectivity index (χ0) is 31.2. The Balaban J connectivity index is 1.06. The smallest absolute Gasteiger partial charge is 0.316 e. The van der Waals surface area contributed by atoms with Gasteiger partial charge in [-0.15, -0.1) is 0 Å². The first-order valence-electron chi connectivity index (χ1n) is 15.1. The van der Waals surface area contributed by atoms with Crippen LogP contribution in [0.25, 0.3) is 22.3 Å². The number of rotatable bonds is 9. The van der Waals surface area contributed by atoms with E-state index in [1.807, 2.05) is 47.5 Å². The molecule has 9 nitrogen and oxygen atoms in total. The zero-order valence-electron chi connectivity index (χ0n) is 25.0. The van der Waals surface area contributed by atoms with Crippen molar-refractivity contribution < 1.29 is 13.2 Å². The third kappa shape index (κ3) is 6.10. The summed E-state index contributed by atoms with van der Waals surface area (Å²) in [5.74, 6) is 0.147. The van der Waals surface area contributed by atoms with Crippen molar-refractivity contribution in [3.05, 3.63) is 112 Å². The van der Waals surface area contributed by atoms with Crippen molar-refractivity contribution in [2.45, 2.75) is 25.5 Å². The van der Waals surface area contributed by atoms with E-state index in [0.717, 1.165) is 35.0 Å². The van der Waals surface area contributed by atoms with Crippen LogP contribution in [0.4, 0.5) is 5.69 Å². The number of ether oxygens (including phenoxy) is 1. The highest BCUT2D eigenvalue weighted by molar-refractivity contribution is 7.88. The van der Waals surface area contributed by atoms with Gasteiger partial charge < -0.3 is 14.2 Å². The van der Waals surface area contributed by atoms with Gasteiger partial charge in [0.2, 0.25) is 15.8 Å². The molecule has 1 aliphatic heterocycles. The number of anilines is 1. The largest absolute Gasteiger partial charge is 0.486 e. The van der Waals surface area contributed by atoms with Crippen LogP contribution >= 0.6 is 11.6 Å². The third-order valence-electron chi connectivity index (χ3n) is 8.77. The fourth-order valence-electron chi connectivity index (χ4n) is 5.76. The number of piperazine rings is 1. The summed E-state index contributed by atoms with van der Waals surface area (Å²) in [4.78, 5) is 15.7. The number of benzene rings is 3. The molecular weight excluding hydrogens is 610 g/mol. The maximum Gasteiger partial charge on any atom is 0.316 e. The van der Waals surface area contributed by atoms with Crippen molar-refractivity contribution in [2.75, 3.05) is 37.7 Å². The Labute approximate surface area is 267 Å². The number of hydrogen-bond acceptors (Lipinski definition) is 6. The first kappa shape index (κ1) is 29.6. The van der Waals surface area contributed by atoms with Crippen LogP contribution in [0, 0.1) is 5.41 Å². The van der Waals surface area contributed by atoms with Crippen LogP contribution in [0.15, 0.2) is 96.1 Å². The van der Waals surface area contributed by atoms with Gasteiger partial charge in [-0.25, -0.2) is 8.42 Å². The summed E-state index contributed by atoms with van der Waals surface area (Å²) in [6.07, 6.45) is 5.76. The van der Waals surface area contributed by atoms with E-state index >= 15 is 0 Å². The molecule has 1 saturated carbocycles. The fraction of sp³-hybridized carbons (Fsp3) is 0.294. The molecule has 0 bridgehead atoms. The molecule has 2 aromatic heterocycles. The van der Waals surface area contributed by atoms with E-state index in [9.17, 15) is 13.2 Å². The molecule has 0 spiro atoms. The number of hydrogen-bond donors (Lipinski definition) is 0. The molecule has 232 valence electrons. The van der Waals surface area contributed by atoms with Gasteiger partial charge in [-0.05, 0) is 66.3 Å². The second kappa shape index (κ2) is 11.7. The molecule has 5 aromatic rings. The zero-order valence-corrected chi connectivity index (χ0v) is 26.5. The highest BCUT2D eigenvalue weighted by atomic mass is 35.5. The summed E-state index contributed by atoms with van der Waals surface area (Å²) in [6.45, 7) is 3.99. The molecule has 3 aromatic carbocycles. The fourth-order valence-corrected chi connectivity index (χ4v) is 7.46. The van der Waals surface area contributed by atoms with Crippen LogP contribution in [0.2, 0.25) is 5.02 Å². The average Bonchev–Trinajstić information content (AvgIpc) is 3.62. The van der Waals surface area contributed by atoms with Crippen LogP contribution in [0.3, 0.4) is 0 Å². The summed E-state index contributed by atoms with van der Waals surface area (Å²) in [6, 6.07) is 24.8. The molecular formula is C34H34ClN5O4S. The number of para-hydroxylation sites is 1. The van der Waals surface area contributed by atoms with Gasteiger partial charge >= 0.3 is 5.56 Å². The highest BCUT2D eigenvalue weighted by Crippen LogP contribution is 2.45. The quantitative estimate of drug-likeness (QED) is 0.206. The summed E-state index contributed by atoms with van der Waals surface area (Å²) in [7, 11) is -3.56. The summed E-state index contributed by atoms with van der Waals surface area (Å²) >= 11 is 6.18. The molecule has 3 heterocycles. The van der Waals surface area contributed by atoms with Crippen molar-refractivity contribution >= 4 is 38.2 Å². The average molecular weight is 644 g/mol. The van der Waals surface area contributed by atoms with Gasteiger partial charge in [0.15, 0.2) is 0 Å². The lowest BCUT2D eigenvalue weighted by molar-refractivity contribution is 0.242. The standard InChI is InChI=1S/C34H34ClN5O4S/c1-34(14-15-34)24-44-32-31(22-36-40(33(32)41)29-7-4-6-27(35)21-29)37-17-19-38(20-18-37)45(42,43)23-25-9-11-28(12-10-25)39-16-13-26-5-2-3-8-30(26)39/h2-13,16,21-22H,14-15,17-20,23-24H2,1H3. The predicted molar refractivity (Wildman–Crippen MR) is 177 cm³/mol. The molecule has 0 unspecified atom stereocenters. The topological polar surface area (TPSA) is 89.7 Å². The molecule has 2 fully saturated rings. The normalized spacial score (nSPS) is 16.6. The van der Waals surface area contributed by atoms with E-state index in [-0.39, 0.29) is 22.5 Å². The van der Waals surface area contributed by atoms with Crippen molar-refractivity contribution in [1.29, 1.82) is 0 Å². The van der Waals surface area contributed by atoms with Gasteiger partial charge in [0.1, 0.15) is 5.69 Å². The van der Waals surface area contributed by atoms with Crippen molar-refractivity contribution in [2.24, 2.45) is 5.41 Å². The number of aromatic nitrogens is 3. The molecule has 0 amide bonds. The minimum Gasteiger partial charge on any atom is -0.486 e. The van der Waals surface area contributed by atoms with E-state index in [4.69, 9.17) is 16.3 Å². The Hall–Kier alpha value is -4.12. The van der Waals surface area contributed by atoms with Crippen LogP contribution < -0.4 is 15.2 Å². The Kier molecular flexibility index (Phi) is 7.67. The van der Waals surface area contributed by atoms with Crippen LogP contribution in [0.1, 0.15) is 25.3 Å². The second-order valence-corrected chi connectivity index (χ2v) is 14.6. The first-order chi connectivity index (χ1) is 21.7. The lowest BCUT2D eigenvalue weighted by Gasteiger charge is -2.35. The summed E-state index contributed by atoms with van der Waals surface area (Å²) in [5, 5.41) is 6.09. The van der Waals surface area contributed by atoms with E-state index in [0.29, 0.717) is 49.2 Å². The molecule has 0 atom stereocenters. The summed E-state index contributed by atoms with van der Waals surface area (Å²) < 4.78 is 38.0. The first-order valence-corrected chi connectivity index (χ1v) is 17.1. The van der Waals surface area contributed by atoms with Gasteiger partial charge in [-0.1, -0.05) is 54.9 Å². The maximum atomic E-state index is 13.7. The molecule has 2 aliphatic rings. The van der Waals surface area contributed by atoms with Gasteiger partial charge in [0, 0.05) is 48.5 Å². The molecule has 45 heavy (non-hydrogen) atoms. The highest BCUT2D eigenvalue weighted by Gasteiger charge is 2.39. The molecule has 1 saturated heterocycles. The van der Waals surface area contributed by atoms with E-state index < -0.39 is 10.0 Å². The van der Waals surface area contributed by atoms with E-state index in [2.05, 4.69) is 34.8 Å². The number of fused-ring (bicyclic) bond motifs is 1. The Bertz CT molecular complexity index is 2030. The monoisotopic (exact) mass is 643 g/mol. The minimum absolute atomic E-state index is 0.0640. The van der Waals surface area contributed by atoms with Gasteiger partial charge in [0.25, 0.3) is 0 Å². The Morgan fingerprint density at radius 2 is 1.67 bits per heavy atom. The molecule has 7 rings (SSSR count). The van der Waals surface area contributed by atoms with Crippen LogP contribution in [-0.4, -0.2) is 59.9 Å². The lowest BCUT2D eigenvalue weighted by Crippen LogP contribution is -2.49. The number of halogens is 1. The van der Waals surface area contributed by atoms with Crippen LogP contribution in [-0.2, 0) is 15.8 Å². The van der Waals surface area contributed by atoms with Crippen molar-refractivity contribution in [3.63, 3.8) is 0 Å². The summed E-state index contributed by atoms with van der Waals surface area (Å²) in [5.41, 5.74) is 3.63. The van der Waals surface area contributed by atoms with Gasteiger partial charge in [0.05, 0.1) is 29.8 Å². The van der Waals surface area contributed by atoms with Crippen LogP contribution in [0.5, 0.6) is 5.75 Å².